The maximum absolute atomic E-state index is 11.4. The Labute approximate surface area is 108 Å². The summed E-state index contributed by atoms with van der Waals surface area (Å²) in [6.45, 7) is 1.33. The number of hydrogen-bond acceptors (Lipinski definition) is 3. The molecule has 17 heavy (non-hydrogen) atoms. The van der Waals surface area contributed by atoms with Crippen molar-refractivity contribution in [2.75, 3.05) is 7.11 Å². The van der Waals surface area contributed by atoms with Gasteiger partial charge in [-0.1, -0.05) is 34.1 Å². The summed E-state index contributed by atoms with van der Waals surface area (Å²) in [4.78, 5) is 22.4. The number of nitrogens with one attached hydrogen (secondary N) is 1. The predicted octanol–water partition coefficient (Wildman–Crippen LogP) is 2.10. The van der Waals surface area contributed by atoms with Gasteiger partial charge in [0.2, 0.25) is 5.91 Å². The molecular weight excluding hydrogens is 286 g/mol. The van der Waals surface area contributed by atoms with Crippen LogP contribution in [0.5, 0.6) is 0 Å². The van der Waals surface area contributed by atoms with Crippen molar-refractivity contribution in [1.82, 2.24) is 5.32 Å². The number of hydrogen-bond donors (Lipinski definition) is 1. The smallest absolute Gasteiger partial charge is 0.354 e. The second-order valence-electron chi connectivity index (χ2n) is 3.25. The number of amides is 1. The van der Waals surface area contributed by atoms with E-state index in [2.05, 4.69) is 26.0 Å². The van der Waals surface area contributed by atoms with Gasteiger partial charge in [0.15, 0.2) is 0 Å². The van der Waals surface area contributed by atoms with Crippen LogP contribution in [0.2, 0.25) is 0 Å². The first kappa shape index (κ1) is 13.4. The number of carbonyl (C=O) groups excluding carboxylic acids is 2. The minimum Gasteiger partial charge on any atom is -0.464 e. The van der Waals surface area contributed by atoms with Crippen LogP contribution < -0.4 is 5.32 Å². The van der Waals surface area contributed by atoms with Crippen molar-refractivity contribution in [1.29, 1.82) is 0 Å². The van der Waals surface area contributed by atoms with E-state index in [9.17, 15) is 9.59 Å². The van der Waals surface area contributed by atoms with Gasteiger partial charge in [-0.15, -0.1) is 0 Å². The number of benzene rings is 1. The molecule has 0 aromatic heterocycles. The Bertz CT molecular complexity index is 469. The number of halogens is 1. The van der Waals surface area contributed by atoms with E-state index in [1.54, 1.807) is 6.08 Å². The first-order chi connectivity index (χ1) is 8.04. The molecule has 1 rings (SSSR count). The first-order valence-corrected chi connectivity index (χ1v) is 5.66. The van der Waals surface area contributed by atoms with E-state index in [0.717, 1.165) is 10.0 Å². The highest BCUT2D eigenvalue weighted by molar-refractivity contribution is 9.10. The lowest BCUT2D eigenvalue weighted by Crippen LogP contribution is -2.25. The minimum atomic E-state index is -0.587. The van der Waals surface area contributed by atoms with Crippen LogP contribution in [0.1, 0.15) is 12.5 Å². The predicted molar refractivity (Wildman–Crippen MR) is 68.0 cm³/mol. The molecule has 0 spiro atoms. The zero-order valence-corrected chi connectivity index (χ0v) is 11.1. The van der Waals surface area contributed by atoms with Gasteiger partial charge in [0.1, 0.15) is 5.70 Å². The molecule has 0 heterocycles. The van der Waals surface area contributed by atoms with Gasteiger partial charge in [-0.2, -0.15) is 0 Å². The van der Waals surface area contributed by atoms with E-state index in [-0.39, 0.29) is 11.6 Å². The van der Waals surface area contributed by atoms with Crippen molar-refractivity contribution in [2.24, 2.45) is 0 Å². The summed E-state index contributed by atoms with van der Waals surface area (Å²) in [6.07, 6.45) is 1.55. The Hall–Kier alpha value is -1.62. The van der Waals surface area contributed by atoms with E-state index in [1.807, 2.05) is 24.3 Å². The topological polar surface area (TPSA) is 55.4 Å². The largest absolute Gasteiger partial charge is 0.464 e. The van der Waals surface area contributed by atoms with Gasteiger partial charge in [-0.05, 0) is 17.7 Å². The molecule has 0 aliphatic rings. The highest BCUT2D eigenvalue weighted by Crippen LogP contribution is 2.18. The molecule has 0 aliphatic heterocycles. The Balaban J connectivity index is 3.09. The number of rotatable bonds is 3. The molecule has 0 bridgehead atoms. The van der Waals surface area contributed by atoms with E-state index in [0.29, 0.717) is 0 Å². The maximum Gasteiger partial charge on any atom is 0.354 e. The van der Waals surface area contributed by atoms with Crippen molar-refractivity contribution in [2.45, 2.75) is 6.92 Å². The third kappa shape index (κ3) is 4.03. The first-order valence-electron chi connectivity index (χ1n) is 4.86. The summed E-state index contributed by atoms with van der Waals surface area (Å²) in [5, 5.41) is 2.43. The van der Waals surface area contributed by atoms with Gasteiger partial charge in [0.25, 0.3) is 0 Å². The fourth-order valence-electron chi connectivity index (χ4n) is 1.19. The maximum atomic E-state index is 11.4. The molecule has 0 unspecified atom stereocenters. The molecule has 90 valence electrons. The molecule has 0 saturated heterocycles. The summed E-state index contributed by atoms with van der Waals surface area (Å²) in [5.74, 6) is -0.912. The van der Waals surface area contributed by atoms with Gasteiger partial charge in [-0.25, -0.2) is 4.79 Å². The number of ether oxygens (including phenoxy) is 1. The van der Waals surface area contributed by atoms with Crippen molar-refractivity contribution in [3.05, 3.63) is 40.0 Å². The molecule has 0 fully saturated rings. The third-order valence-electron chi connectivity index (χ3n) is 1.92. The molecule has 1 aromatic rings. The van der Waals surface area contributed by atoms with Gasteiger partial charge in [0, 0.05) is 11.4 Å². The highest BCUT2D eigenvalue weighted by atomic mass is 79.9. The highest BCUT2D eigenvalue weighted by Gasteiger charge is 2.11. The van der Waals surface area contributed by atoms with Crippen molar-refractivity contribution >= 4 is 33.9 Å². The standard InChI is InChI=1S/C12H12BrNO3/c1-8(15)14-11(12(16)17-2)7-9-5-3-4-6-10(9)13/h3-7H,1-2H3,(H,14,15). The Morgan fingerprint density at radius 2 is 2.00 bits per heavy atom. The van der Waals surface area contributed by atoms with Crippen LogP contribution in [0.15, 0.2) is 34.4 Å². The van der Waals surface area contributed by atoms with Gasteiger partial charge >= 0.3 is 5.97 Å². The summed E-state index contributed by atoms with van der Waals surface area (Å²) >= 11 is 3.35. The average Bonchev–Trinajstić information content (AvgIpc) is 2.29. The Morgan fingerprint density at radius 1 is 1.35 bits per heavy atom. The van der Waals surface area contributed by atoms with E-state index in [4.69, 9.17) is 0 Å². The third-order valence-corrected chi connectivity index (χ3v) is 2.64. The zero-order chi connectivity index (χ0) is 12.8. The molecule has 4 nitrogen and oxygen atoms in total. The second kappa shape index (κ2) is 6.20. The molecule has 1 N–H and O–H groups in total. The van der Waals surface area contributed by atoms with Crippen LogP contribution in [-0.2, 0) is 14.3 Å². The molecule has 1 amide bonds. The van der Waals surface area contributed by atoms with Crippen LogP contribution in [0, 0.1) is 0 Å². The lowest BCUT2D eigenvalue weighted by atomic mass is 10.2. The number of esters is 1. The number of carbonyl (C=O) groups is 2. The molecule has 0 aliphatic carbocycles. The van der Waals surface area contributed by atoms with Crippen LogP contribution in [0.25, 0.3) is 6.08 Å². The second-order valence-corrected chi connectivity index (χ2v) is 4.11. The molecule has 0 atom stereocenters. The summed E-state index contributed by atoms with van der Waals surface area (Å²) in [6, 6.07) is 7.35. The Kier molecular flexibility index (Phi) is 4.90. The minimum absolute atomic E-state index is 0.104. The van der Waals surface area contributed by atoms with Crippen molar-refractivity contribution in [3.8, 4) is 0 Å². The lowest BCUT2D eigenvalue weighted by molar-refractivity contribution is -0.137. The lowest BCUT2D eigenvalue weighted by Gasteiger charge is -2.06. The van der Waals surface area contributed by atoms with E-state index >= 15 is 0 Å². The summed E-state index contributed by atoms with van der Waals surface area (Å²) in [7, 11) is 1.26. The van der Waals surface area contributed by atoms with Gasteiger partial charge < -0.3 is 10.1 Å². The van der Waals surface area contributed by atoms with Crippen LogP contribution in [0.4, 0.5) is 0 Å². The monoisotopic (exact) mass is 297 g/mol. The summed E-state index contributed by atoms with van der Waals surface area (Å²) in [5.41, 5.74) is 0.883. The fraction of sp³-hybridized carbons (Fsp3) is 0.167. The van der Waals surface area contributed by atoms with E-state index < -0.39 is 5.97 Å². The molecule has 5 heteroatoms. The molecule has 0 radical (unpaired) electrons. The molecule has 0 saturated carbocycles. The normalized spacial score (nSPS) is 10.9. The van der Waals surface area contributed by atoms with E-state index in [1.165, 1.54) is 14.0 Å². The quantitative estimate of drug-likeness (QED) is 0.687. The van der Waals surface area contributed by atoms with Crippen LogP contribution in [0.3, 0.4) is 0 Å². The molecular formula is C12H12BrNO3. The SMILES string of the molecule is COC(=O)C(=Cc1ccccc1Br)NC(C)=O. The van der Waals surface area contributed by atoms with Gasteiger partial charge in [-0.3, -0.25) is 4.79 Å². The van der Waals surface area contributed by atoms with Crippen LogP contribution in [-0.4, -0.2) is 19.0 Å². The zero-order valence-electron chi connectivity index (χ0n) is 9.49. The van der Waals surface area contributed by atoms with Gasteiger partial charge in [0.05, 0.1) is 7.11 Å². The average molecular weight is 298 g/mol. The van der Waals surface area contributed by atoms with Crippen LogP contribution >= 0.6 is 15.9 Å². The van der Waals surface area contributed by atoms with Crippen molar-refractivity contribution < 1.29 is 14.3 Å². The number of methoxy groups -OCH3 is 1. The Morgan fingerprint density at radius 3 is 2.53 bits per heavy atom. The van der Waals surface area contributed by atoms with Crippen molar-refractivity contribution in [3.63, 3.8) is 0 Å². The fourth-order valence-corrected chi connectivity index (χ4v) is 1.59. The summed E-state index contributed by atoms with van der Waals surface area (Å²) < 4.78 is 5.41. The molecule has 1 aromatic carbocycles.